The second kappa shape index (κ2) is 4.88. The van der Waals surface area contributed by atoms with Crippen LogP contribution >= 0.6 is 11.3 Å². The lowest BCUT2D eigenvalue weighted by atomic mass is 9.90. The molecule has 1 aliphatic heterocycles. The summed E-state index contributed by atoms with van der Waals surface area (Å²) in [6.07, 6.45) is 2.47. The monoisotopic (exact) mass is 268 g/mol. The van der Waals surface area contributed by atoms with Gasteiger partial charge in [-0.05, 0) is 32.6 Å². The van der Waals surface area contributed by atoms with Gasteiger partial charge in [0.05, 0.1) is 5.69 Å². The molecule has 2 heterocycles. The molecule has 0 radical (unpaired) electrons. The maximum atomic E-state index is 11.2. The van der Waals surface area contributed by atoms with Gasteiger partial charge >= 0.3 is 5.97 Å². The fraction of sp³-hybridized carbons (Fsp3) is 0.692. The van der Waals surface area contributed by atoms with E-state index in [9.17, 15) is 9.90 Å². The number of nitrogens with zero attached hydrogens (tertiary/aromatic N) is 2. The highest BCUT2D eigenvalue weighted by Gasteiger charge is 2.33. The van der Waals surface area contributed by atoms with Crippen molar-refractivity contribution in [1.82, 2.24) is 4.98 Å². The van der Waals surface area contributed by atoms with Gasteiger partial charge in [-0.25, -0.2) is 4.98 Å². The molecule has 1 aromatic heterocycles. The van der Waals surface area contributed by atoms with Crippen LogP contribution < -0.4 is 4.90 Å². The van der Waals surface area contributed by atoms with Crippen LogP contribution in [0.2, 0.25) is 0 Å². The number of hydrogen-bond acceptors (Lipinski definition) is 4. The lowest BCUT2D eigenvalue weighted by Gasteiger charge is -2.30. The Morgan fingerprint density at radius 3 is 2.94 bits per heavy atom. The number of aliphatic carboxylic acids is 1. The van der Waals surface area contributed by atoms with Gasteiger partial charge < -0.3 is 10.0 Å². The van der Waals surface area contributed by atoms with Crippen LogP contribution in [0.4, 0.5) is 5.13 Å². The minimum absolute atomic E-state index is 0.660. The van der Waals surface area contributed by atoms with Gasteiger partial charge in [-0.2, -0.15) is 0 Å². The Bertz CT molecular complexity index is 442. The van der Waals surface area contributed by atoms with Gasteiger partial charge in [0.25, 0.3) is 0 Å². The summed E-state index contributed by atoms with van der Waals surface area (Å²) in [5.74, 6) is -0.134. The maximum absolute atomic E-state index is 11.2. The Hall–Kier alpha value is -1.10. The van der Waals surface area contributed by atoms with Gasteiger partial charge in [-0.1, -0.05) is 6.92 Å². The molecule has 1 fully saturated rings. The second-order valence-electron chi connectivity index (χ2n) is 5.64. The van der Waals surface area contributed by atoms with Crippen molar-refractivity contribution in [3.05, 3.63) is 11.1 Å². The predicted molar refractivity (Wildman–Crippen MR) is 73.4 cm³/mol. The first-order chi connectivity index (χ1) is 8.41. The Kier molecular flexibility index (Phi) is 3.61. The van der Waals surface area contributed by atoms with Crippen molar-refractivity contribution in [2.75, 3.05) is 18.0 Å². The zero-order valence-electron chi connectivity index (χ0n) is 11.1. The fourth-order valence-electron chi connectivity index (χ4n) is 2.17. The van der Waals surface area contributed by atoms with E-state index in [2.05, 4.69) is 16.8 Å². The van der Waals surface area contributed by atoms with Gasteiger partial charge in [0.15, 0.2) is 5.13 Å². The lowest BCUT2D eigenvalue weighted by Crippen LogP contribution is -2.34. The highest BCUT2D eigenvalue weighted by atomic mass is 32.1. The molecule has 0 bridgehead atoms. The quantitative estimate of drug-likeness (QED) is 0.916. The van der Waals surface area contributed by atoms with E-state index in [0.29, 0.717) is 11.6 Å². The molecule has 1 unspecified atom stereocenters. The number of aromatic nitrogens is 1. The Labute approximate surface area is 112 Å². The van der Waals surface area contributed by atoms with E-state index in [1.807, 2.05) is 5.38 Å². The molecule has 5 heteroatoms. The molecule has 0 saturated carbocycles. The Morgan fingerprint density at radius 1 is 1.61 bits per heavy atom. The second-order valence-corrected chi connectivity index (χ2v) is 6.48. The number of thiazole rings is 1. The summed E-state index contributed by atoms with van der Waals surface area (Å²) in [7, 11) is 0. The summed E-state index contributed by atoms with van der Waals surface area (Å²) in [5.41, 5.74) is -0.246. The molecule has 1 saturated heterocycles. The van der Waals surface area contributed by atoms with Crippen molar-refractivity contribution in [3.8, 4) is 0 Å². The normalized spacial score (nSPS) is 21.1. The number of hydrogen-bond donors (Lipinski definition) is 1. The van der Waals surface area contributed by atoms with Crippen LogP contribution in [0.3, 0.4) is 0 Å². The van der Waals surface area contributed by atoms with E-state index < -0.39 is 11.4 Å². The van der Waals surface area contributed by atoms with Crippen molar-refractivity contribution in [3.63, 3.8) is 0 Å². The standard InChI is InChI=1S/C13H20N2O2S/c1-9-5-4-6-15(7-9)12-14-10(8-18-12)13(2,3)11(16)17/h8-9H,4-7H2,1-3H3,(H,16,17). The van der Waals surface area contributed by atoms with Crippen molar-refractivity contribution in [2.45, 2.75) is 39.0 Å². The number of carbonyl (C=O) groups is 1. The van der Waals surface area contributed by atoms with E-state index in [0.717, 1.165) is 18.2 Å². The van der Waals surface area contributed by atoms with Crippen LogP contribution in [0.25, 0.3) is 0 Å². The van der Waals surface area contributed by atoms with Crippen LogP contribution in [0.15, 0.2) is 5.38 Å². The zero-order chi connectivity index (χ0) is 13.3. The van der Waals surface area contributed by atoms with Crippen molar-refractivity contribution in [1.29, 1.82) is 0 Å². The van der Waals surface area contributed by atoms with Crippen LogP contribution in [-0.2, 0) is 10.2 Å². The predicted octanol–water partition coefficient (Wildman–Crippen LogP) is 2.74. The third kappa shape index (κ3) is 2.51. The SMILES string of the molecule is CC1CCCN(c2nc(C(C)(C)C(=O)O)cs2)C1. The molecule has 1 atom stereocenters. The zero-order valence-corrected chi connectivity index (χ0v) is 12.0. The summed E-state index contributed by atoms with van der Waals surface area (Å²) in [6.45, 7) is 7.72. The molecule has 100 valence electrons. The fourth-order valence-corrected chi connectivity index (χ4v) is 3.20. The average molecular weight is 268 g/mol. The molecule has 0 aromatic carbocycles. The summed E-state index contributed by atoms with van der Waals surface area (Å²) in [6, 6.07) is 0. The topological polar surface area (TPSA) is 53.4 Å². The number of carboxylic acids is 1. The third-order valence-electron chi connectivity index (χ3n) is 3.59. The first-order valence-corrected chi connectivity index (χ1v) is 7.23. The Balaban J connectivity index is 2.17. The molecule has 1 aromatic rings. The molecule has 0 spiro atoms. The first-order valence-electron chi connectivity index (χ1n) is 6.35. The minimum Gasteiger partial charge on any atom is -0.481 e. The summed E-state index contributed by atoms with van der Waals surface area (Å²) < 4.78 is 0. The number of piperidine rings is 1. The highest BCUT2D eigenvalue weighted by molar-refractivity contribution is 7.13. The maximum Gasteiger partial charge on any atom is 0.315 e. The van der Waals surface area contributed by atoms with Crippen LogP contribution in [0.1, 0.15) is 39.3 Å². The number of rotatable bonds is 3. The summed E-state index contributed by atoms with van der Waals surface area (Å²) in [4.78, 5) is 18.0. The molecular weight excluding hydrogens is 248 g/mol. The molecule has 2 rings (SSSR count). The molecule has 0 aliphatic carbocycles. The molecule has 4 nitrogen and oxygen atoms in total. The van der Waals surface area contributed by atoms with E-state index >= 15 is 0 Å². The third-order valence-corrected chi connectivity index (χ3v) is 4.50. The van der Waals surface area contributed by atoms with Gasteiger partial charge in [-0.3, -0.25) is 4.79 Å². The molecule has 18 heavy (non-hydrogen) atoms. The Morgan fingerprint density at radius 2 is 2.33 bits per heavy atom. The largest absolute Gasteiger partial charge is 0.481 e. The molecule has 0 amide bonds. The van der Waals surface area contributed by atoms with Crippen molar-refractivity contribution >= 4 is 22.4 Å². The number of carboxylic acid groups (broad SMARTS) is 1. The average Bonchev–Trinajstić information content (AvgIpc) is 2.78. The smallest absolute Gasteiger partial charge is 0.315 e. The van der Waals surface area contributed by atoms with Gasteiger partial charge in [0, 0.05) is 18.5 Å². The molecule has 1 aliphatic rings. The van der Waals surface area contributed by atoms with E-state index in [1.165, 1.54) is 12.8 Å². The lowest BCUT2D eigenvalue weighted by molar-refractivity contribution is -0.142. The van der Waals surface area contributed by atoms with Gasteiger partial charge in [0.2, 0.25) is 0 Å². The first kappa shape index (κ1) is 13.3. The van der Waals surface area contributed by atoms with Gasteiger partial charge in [0.1, 0.15) is 5.41 Å². The van der Waals surface area contributed by atoms with Gasteiger partial charge in [-0.15, -0.1) is 11.3 Å². The molecule has 1 N–H and O–H groups in total. The van der Waals surface area contributed by atoms with Crippen LogP contribution in [-0.4, -0.2) is 29.1 Å². The minimum atomic E-state index is -0.907. The summed E-state index contributed by atoms with van der Waals surface area (Å²) in [5, 5.41) is 12.0. The van der Waals surface area contributed by atoms with E-state index in [1.54, 1.807) is 25.2 Å². The van der Waals surface area contributed by atoms with Crippen molar-refractivity contribution in [2.24, 2.45) is 5.92 Å². The van der Waals surface area contributed by atoms with Crippen LogP contribution in [0.5, 0.6) is 0 Å². The number of anilines is 1. The van der Waals surface area contributed by atoms with Crippen LogP contribution in [0, 0.1) is 5.92 Å². The summed E-state index contributed by atoms with van der Waals surface area (Å²) >= 11 is 1.55. The van der Waals surface area contributed by atoms with E-state index in [-0.39, 0.29) is 0 Å². The molecular formula is C13H20N2O2S. The van der Waals surface area contributed by atoms with Crippen molar-refractivity contribution < 1.29 is 9.90 Å². The highest BCUT2D eigenvalue weighted by Crippen LogP contribution is 2.31. The van der Waals surface area contributed by atoms with E-state index in [4.69, 9.17) is 0 Å².